The number of hydrogen-bond donors (Lipinski definition) is 1. The second-order valence-corrected chi connectivity index (χ2v) is 5.79. The lowest BCUT2D eigenvalue weighted by atomic mass is 10.2. The molecule has 0 saturated carbocycles. The van der Waals surface area contributed by atoms with E-state index >= 15 is 0 Å². The Morgan fingerprint density at radius 3 is 2.62 bits per heavy atom. The number of nitrogens with one attached hydrogen (secondary N) is 1. The number of hydrogen-bond acceptors (Lipinski definition) is 5. The average Bonchev–Trinajstić information content (AvgIpc) is 3.01. The summed E-state index contributed by atoms with van der Waals surface area (Å²) in [5, 5.41) is 18.0. The van der Waals surface area contributed by atoms with Gasteiger partial charge in [0.2, 0.25) is 5.75 Å². The quantitative estimate of drug-likeness (QED) is 0.538. The van der Waals surface area contributed by atoms with E-state index in [2.05, 4.69) is 10.4 Å². The van der Waals surface area contributed by atoms with Gasteiger partial charge in [-0.3, -0.25) is 19.6 Å². The number of anilines is 1. The van der Waals surface area contributed by atoms with Crippen LogP contribution in [0.4, 0.5) is 11.4 Å². The Bertz CT molecular complexity index is 969. The van der Waals surface area contributed by atoms with E-state index in [9.17, 15) is 14.9 Å². The highest BCUT2D eigenvalue weighted by Crippen LogP contribution is 2.33. The van der Waals surface area contributed by atoms with Gasteiger partial charge < -0.3 is 10.1 Å². The molecular formula is C17H13ClN4O4. The number of carbonyl (C=O) groups is 1. The standard InChI is InChI=1S/C17H13ClN4O4/c1-21-10-13(9-19-21)20-17(23)11-2-5-14(6-3-11)26-16-7-4-12(18)8-15(16)22(24)25/h2-10H,1H3,(H,20,23). The molecule has 0 aliphatic rings. The molecule has 0 atom stereocenters. The van der Waals surface area contributed by atoms with Crippen LogP contribution in [0.1, 0.15) is 10.4 Å². The molecule has 0 unspecified atom stereocenters. The van der Waals surface area contributed by atoms with Crippen LogP contribution in [0.25, 0.3) is 0 Å². The van der Waals surface area contributed by atoms with Gasteiger partial charge in [0.1, 0.15) is 5.75 Å². The number of nitrogens with zero attached hydrogens (tertiary/aromatic N) is 3. The normalized spacial score (nSPS) is 10.4. The Balaban J connectivity index is 1.74. The fourth-order valence-electron chi connectivity index (χ4n) is 2.21. The van der Waals surface area contributed by atoms with Gasteiger partial charge in [0.05, 0.1) is 16.8 Å². The van der Waals surface area contributed by atoms with Crippen molar-refractivity contribution in [1.29, 1.82) is 0 Å². The van der Waals surface area contributed by atoms with Crippen LogP contribution in [0.5, 0.6) is 11.5 Å². The first-order chi connectivity index (χ1) is 12.4. The molecule has 3 rings (SSSR count). The molecule has 2 aromatic carbocycles. The minimum Gasteiger partial charge on any atom is -0.450 e. The Labute approximate surface area is 153 Å². The third-order valence-electron chi connectivity index (χ3n) is 3.42. The molecule has 1 aromatic heterocycles. The van der Waals surface area contributed by atoms with E-state index in [0.717, 1.165) is 0 Å². The minimum atomic E-state index is -0.572. The maximum Gasteiger partial charge on any atom is 0.313 e. The van der Waals surface area contributed by atoms with Crippen molar-refractivity contribution in [3.05, 3.63) is 75.6 Å². The number of benzene rings is 2. The van der Waals surface area contributed by atoms with Crippen LogP contribution >= 0.6 is 11.6 Å². The monoisotopic (exact) mass is 372 g/mol. The molecular weight excluding hydrogens is 360 g/mol. The predicted molar refractivity (Wildman–Crippen MR) is 95.8 cm³/mol. The second kappa shape index (κ2) is 7.24. The highest BCUT2D eigenvalue weighted by molar-refractivity contribution is 6.30. The fraction of sp³-hybridized carbons (Fsp3) is 0.0588. The molecule has 0 saturated heterocycles. The lowest BCUT2D eigenvalue weighted by Crippen LogP contribution is -2.11. The third kappa shape index (κ3) is 3.98. The molecule has 132 valence electrons. The maximum absolute atomic E-state index is 12.2. The van der Waals surface area contributed by atoms with Crippen LogP contribution in [0.3, 0.4) is 0 Å². The van der Waals surface area contributed by atoms with Gasteiger partial charge in [-0.1, -0.05) is 11.6 Å². The summed E-state index contributed by atoms with van der Waals surface area (Å²) in [7, 11) is 1.75. The van der Waals surface area contributed by atoms with Crippen LogP contribution in [0.15, 0.2) is 54.9 Å². The number of aryl methyl sites for hydroxylation is 1. The van der Waals surface area contributed by atoms with Gasteiger partial charge in [-0.05, 0) is 36.4 Å². The van der Waals surface area contributed by atoms with Crippen molar-refractivity contribution in [2.45, 2.75) is 0 Å². The van der Waals surface area contributed by atoms with Crippen molar-refractivity contribution >= 4 is 28.9 Å². The first kappa shape index (κ1) is 17.4. The molecule has 0 bridgehead atoms. The third-order valence-corrected chi connectivity index (χ3v) is 3.66. The van der Waals surface area contributed by atoms with Crippen molar-refractivity contribution in [2.24, 2.45) is 7.05 Å². The number of nitro groups is 1. The summed E-state index contributed by atoms with van der Waals surface area (Å²) >= 11 is 5.78. The van der Waals surface area contributed by atoms with E-state index in [1.54, 1.807) is 42.2 Å². The largest absolute Gasteiger partial charge is 0.450 e. The molecule has 1 heterocycles. The van der Waals surface area contributed by atoms with Gasteiger partial charge in [-0.25, -0.2) is 0 Å². The van der Waals surface area contributed by atoms with Crippen molar-refractivity contribution in [3.8, 4) is 11.5 Å². The van der Waals surface area contributed by atoms with Crippen molar-refractivity contribution < 1.29 is 14.5 Å². The highest BCUT2D eigenvalue weighted by atomic mass is 35.5. The summed E-state index contributed by atoms with van der Waals surface area (Å²) in [6, 6.07) is 10.4. The van der Waals surface area contributed by atoms with Crippen LogP contribution < -0.4 is 10.1 Å². The van der Waals surface area contributed by atoms with Crippen LogP contribution in [-0.2, 0) is 7.05 Å². The molecule has 9 heteroatoms. The van der Waals surface area contributed by atoms with Gasteiger partial charge in [0, 0.05) is 29.9 Å². The smallest absolute Gasteiger partial charge is 0.313 e. The number of carbonyl (C=O) groups excluding carboxylic acids is 1. The lowest BCUT2D eigenvalue weighted by molar-refractivity contribution is -0.385. The average molecular weight is 373 g/mol. The minimum absolute atomic E-state index is 0.0620. The molecule has 0 spiro atoms. The molecule has 1 amide bonds. The van der Waals surface area contributed by atoms with Crippen molar-refractivity contribution in [1.82, 2.24) is 9.78 Å². The van der Waals surface area contributed by atoms with Crippen LogP contribution in [0.2, 0.25) is 5.02 Å². The summed E-state index contributed by atoms with van der Waals surface area (Å²) in [5.41, 5.74) is 0.748. The molecule has 26 heavy (non-hydrogen) atoms. The predicted octanol–water partition coefficient (Wildman–Crippen LogP) is 4.03. The number of nitro benzene ring substituents is 1. The topological polar surface area (TPSA) is 99.3 Å². The molecule has 0 aliphatic heterocycles. The van der Waals surface area contributed by atoms with Crippen molar-refractivity contribution in [3.63, 3.8) is 0 Å². The lowest BCUT2D eigenvalue weighted by Gasteiger charge is -2.08. The zero-order valence-corrected chi connectivity index (χ0v) is 14.3. The van der Waals surface area contributed by atoms with Gasteiger partial charge >= 0.3 is 5.69 Å². The maximum atomic E-state index is 12.2. The molecule has 8 nitrogen and oxygen atoms in total. The Morgan fingerprint density at radius 1 is 1.27 bits per heavy atom. The molecule has 0 aliphatic carbocycles. The van der Waals surface area contributed by atoms with Gasteiger partial charge in [-0.15, -0.1) is 0 Å². The Morgan fingerprint density at radius 2 is 2.00 bits per heavy atom. The number of halogens is 1. The number of ether oxygens (including phenoxy) is 1. The Kier molecular flexibility index (Phi) is 4.85. The number of amides is 1. The molecule has 0 radical (unpaired) electrons. The van der Waals surface area contributed by atoms with E-state index in [0.29, 0.717) is 17.0 Å². The fourth-order valence-corrected chi connectivity index (χ4v) is 2.38. The summed E-state index contributed by atoms with van der Waals surface area (Å²) in [6.07, 6.45) is 3.21. The number of aromatic nitrogens is 2. The molecule has 1 N–H and O–H groups in total. The molecule has 0 fully saturated rings. The summed E-state index contributed by atoms with van der Waals surface area (Å²) in [4.78, 5) is 22.7. The van der Waals surface area contributed by atoms with Crippen molar-refractivity contribution in [2.75, 3.05) is 5.32 Å². The molecule has 3 aromatic rings. The zero-order chi connectivity index (χ0) is 18.7. The summed E-state index contributed by atoms with van der Waals surface area (Å²) in [5.74, 6) is 0.113. The van der Waals surface area contributed by atoms with E-state index in [4.69, 9.17) is 16.3 Å². The van der Waals surface area contributed by atoms with Crippen LogP contribution in [-0.4, -0.2) is 20.6 Å². The summed E-state index contributed by atoms with van der Waals surface area (Å²) in [6.45, 7) is 0. The van der Waals surface area contributed by atoms with Gasteiger partial charge in [0.25, 0.3) is 5.91 Å². The van der Waals surface area contributed by atoms with E-state index < -0.39 is 4.92 Å². The first-order valence-corrected chi connectivity index (χ1v) is 7.82. The Hall–Kier alpha value is -3.39. The van der Waals surface area contributed by atoms with E-state index in [1.165, 1.54) is 24.4 Å². The SMILES string of the molecule is Cn1cc(NC(=O)c2ccc(Oc3ccc(Cl)cc3[N+](=O)[O-])cc2)cn1. The van der Waals surface area contributed by atoms with Gasteiger partial charge in [-0.2, -0.15) is 5.10 Å². The highest BCUT2D eigenvalue weighted by Gasteiger charge is 2.16. The first-order valence-electron chi connectivity index (χ1n) is 7.44. The summed E-state index contributed by atoms with van der Waals surface area (Å²) < 4.78 is 7.11. The number of rotatable bonds is 5. The van der Waals surface area contributed by atoms with Crippen LogP contribution in [0, 0.1) is 10.1 Å². The van der Waals surface area contributed by atoms with Gasteiger partial charge in [0.15, 0.2) is 0 Å². The second-order valence-electron chi connectivity index (χ2n) is 5.35. The zero-order valence-electron chi connectivity index (χ0n) is 13.5. The van der Waals surface area contributed by atoms with E-state index in [1.807, 2.05) is 0 Å². The van der Waals surface area contributed by atoms with E-state index in [-0.39, 0.29) is 22.4 Å².